The van der Waals surface area contributed by atoms with E-state index < -0.39 is 0 Å². The van der Waals surface area contributed by atoms with Gasteiger partial charge in [-0.3, -0.25) is 4.79 Å². The molecule has 6 nitrogen and oxygen atoms in total. The van der Waals surface area contributed by atoms with Gasteiger partial charge in [-0.05, 0) is 95.4 Å². The third-order valence-corrected chi connectivity index (χ3v) is 6.33. The molecule has 1 aromatic heterocycles. The third kappa shape index (κ3) is 8.52. The highest BCUT2D eigenvalue weighted by Gasteiger charge is 2.26. The number of primary amides is 1. The Bertz CT molecular complexity index is 852. The van der Waals surface area contributed by atoms with E-state index in [1.54, 1.807) is 0 Å². The Morgan fingerprint density at radius 1 is 1.15 bits per heavy atom. The van der Waals surface area contributed by atoms with Gasteiger partial charge in [-0.25, -0.2) is 4.98 Å². The number of carbonyl (C=O) groups is 1. The summed E-state index contributed by atoms with van der Waals surface area (Å²) >= 11 is 5.80. The zero-order valence-corrected chi connectivity index (χ0v) is 20.6. The first-order valence-corrected chi connectivity index (χ1v) is 12.4. The minimum Gasteiger partial charge on any atom is -0.475 e. The number of halogens is 1. The van der Waals surface area contributed by atoms with E-state index >= 15 is 0 Å². The van der Waals surface area contributed by atoms with Gasteiger partial charge in [0.05, 0.1) is 12.0 Å². The number of nitrogens with zero attached hydrogens (tertiary/aromatic N) is 3. The summed E-state index contributed by atoms with van der Waals surface area (Å²) < 4.78 is 5.54. The summed E-state index contributed by atoms with van der Waals surface area (Å²) in [6.07, 6.45) is 8.08. The van der Waals surface area contributed by atoms with Crippen molar-refractivity contribution < 1.29 is 9.53 Å². The van der Waals surface area contributed by atoms with Crippen molar-refractivity contribution >= 4 is 23.2 Å². The second kappa shape index (κ2) is 12.8. The fourth-order valence-electron chi connectivity index (χ4n) is 4.26. The molecule has 0 radical (unpaired) electrons. The Hall–Kier alpha value is -2.31. The molecule has 1 atom stereocenters. The predicted molar refractivity (Wildman–Crippen MR) is 135 cm³/mol. The van der Waals surface area contributed by atoms with Crippen LogP contribution >= 0.6 is 11.6 Å². The zero-order chi connectivity index (χ0) is 23.6. The fourth-order valence-corrected chi connectivity index (χ4v) is 4.39. The largest absolute Gasteiger partial charge is 0.475 e. The molecule has 3 heterocycles. The maximum Gasteiger partial charge on any atom is 0.222 e. The summed E-state index contributed by atoms with van der Waals surface area (Å²) in [5, 5.41) is 0.726. The Morgan fingerprint density at radius 2 is 1.88 bits per heavy atom. The van der Waals surface area contributed by atoms with Crippen LogP contribution in [0.4, 0.5) is 5.69 Å². The maximum absolute atomic E-state index is 11.0. The molecule has 0 saturated carbocycles. The first-order chi connectivity index (χ1) is 15.9. The molecule has 0 spiro atoms. The van der Waals surface area contributed by atoms with Gasteiger partial charge in [-0.15, -0.1) is 0 Å². The summed E-state index contributed by atoms with van der Waals surface area (Å²) in [4.78, 5) is 20.1. The number of amides is 1. The number of anilines is 1. The zero-order valence-electron chi connectivity index (χ0n) is 19.9. The van der Waals surface area contributed by atoms with Crippen LogP contribution in [-0.4, -0.2) is 54.6 Å². The van der Waals surface area contributed by atoms with Gasteiger partial charge in [0.1, 0.15) is 0 Å². The molecule has 2 fully saturated rings. The van der Waals surface area contributed by atoms with Crippen molar-refractivity contribution in [2.45, 2.75) is 52.1 Å². The Kier molecular flexibility index (Phi) is 9.82. The smallest absolute Gasteiger partial charge is 0.222 e. The molecule has 2 aliphatic rings. The van der Waals surface area contributed by atoms with Crippen LogP contribution in [0.2, 0.25) is 5.02 Å². The first-order valence-electron chi connectivity index (χ1n) is 12.0. The summed E-state index contributed by atoms with van der Waals surface area (Å²) in [5.74, 6) is 0.514. The lowest BCUT2D eigenvalue weighted by molar-refractivity contribution is -0.121. The molecule has 4 rings (SSSR count). The number of aromatic nitrogens is 1. The van der Waals surface area contributed by atoms with Gasteiger partial charge in [-0.2, -0.15) is 0 Å². The molecule has 2 aliphatic heterocycles. The van der Waals surface area contributed by atoms with Crippen LogP contribution in [0.25, 0.3) is 0 Å². The lowest BCUT2D eigenvalue weighted by Crippen LogP contribution is -2.27. The minimum atomic E-state index is -0.202. The van der Waals surface area contributed by atoms with E-state index in [2.05, 4.69) is 20.9 Å². The maximum atomic E-state index is 11.0. The number of pyridine rings is 1. The highest BCUT2D eigenvalue weighted by molar-refractivity contribution is 6.30. The monoisotopic (exact) mass is 472 g/mol. The number of ether oxygens (including phenoxy) is 1. The molecule has 2 saturated heterocycles. The van der Waals surface area contributed by atoms with E-state index in [4.69, 9.17) is 22.1 Å². The molecule has 0 aliphatic carbocycles. The van der Waals surface area contributed by atoms with Crippen molar-refractivity contribution in [3.8, 4) is 5.88 Å². The van der Waals surface area contributed by atoms with Crippen LogP contribution in [-0.2, 0) is 11.2 Å². The number of nitrogens with two attached hydrogens (primary N) is 1. The summed E-state index contributed by atoms with van der Waals surface area (Å²) in [6, 6.07) is 11.8. The predicted octanol–water partition coefficient (Wildman–Crippen LogP) is 4.55. The van der Waals surface area contributed by atoms with Gasteiger partial charge < -0.3 is 20.3 Å². The number of likely N-dealkylation sites (tertiary alicyclic amines) is 1. The van der Waals surface area contributed by atoms with Crippen LogP contribution < -0.4 is 15.4 Å². The van der Waals surface area contributed by atoms with Gasteiger partial charge >= 0.3 is 0 Å². The van der Waals surface area contributed by atoms with Gasteiger partial charge in [0.15, 0.2) is 0 Å². The van der Waals surface area contributed by atoms with Crippen molar-refractivity contribution in [1.29, 1.82) is 0 Å². The molecule has 2 aromatic rings. The van der Waals surface area contributed by atoms with E-state index in [9.17, 15) is 4.79 Å². The van der Waals surface area contributed by atoms with Crippen LogP contribution in [0.5, 0.6) is 5.88 Å². The third-order valence-electron chi connectivity index (χ3n) is 6.07. The van der Waals surface area contributed by atoms with E-state index in [1.807, 2.05) is 50.4 Å². The second-order valence-electron chi connectivity index (χ2n) is 9.13. The number of aryl methyl sites for hydroxylation is 1. The Morgan fingerprint density at radius 3 is 2.45 bits per heavy atom. The molecule has 180 valence electrons. The van der Waals surface area contributed by atoms with Crippen molar-refractivity contribution in [2.75, 3.05) is 37.6 Å². The minimum absolute atomic E-state index is 0.0133. The van der Waals surface area contributed by atoms with Gasteiger partial charge in [0.25, 0.3) is 0 Å². The van der Waals surface area contributed by atoms with E-state index in [0.29, 0.717) is 0 Å². The van der Waals surface area contributed by atoms with Crippen LogP contribution in [0.15, 0.2) is 42.6 Å². The molecule has 1 amide bonds. The molecule has 7 heteroatoms. The molecule has 2 N–H and O–H groups in total. The van der Waals surface area contributed by atoms with E-state index in [1.165, 1.54) is 44.5 Å². The normalized spacial score (nSPS) is 18.3. The van der Waals surface area contributed by atoms with E-state index in [-0.39, 0.29) is 17.9 Å². The second-order valence-corrected chi connectivity index (χ2v) is 9.57. The van der Waals surface area contributed by atoms with Crippen molar-refractivity contribution in [3.63, 3.8) is 0 Å². The topological polar surface area (TPSA) is 71.7 Å². The van der Waals surface area contributed by atoms with Crippen LogP contribution in [0.3, 0.4) is 0 Å². The van der Waals surface area contributed by atoms with Gasteiger partial charge in [-0.1, -0.05) is 17.7 Å². The number of hydrogen-bond acceptors (Lipinski definition) is 5. The van der Waals surface area contributed by atoms with Crippen molar-refractivity contribution in [2.24, 2.45) is 11.7 Å². The lowest BCUT2D eigenvalue weighted by Gasteiger charge is -2.17. The van der Waals surface area contributed by atoms with Gasteiger partial charge in [0, 0.05) is 36.1 Å². The summed E-state index contributed by atoms with van der Waals surface area (Å²) in [7, 11) is 0. The Labute approximate surface area is 203 Å². The van der Waals surface area contributed by atoms with Crippen molar-refractivity contribution in [1.82, 2.24) is 9.88 Å². The number of hydrogen-bond donors (Lipinski definition) is 1. The van der Waals surface area contributed by atoms with E-state index in [0.717, 1.165) is 42.5 Å². The standard InChI is InChI=1S/C15H24N2O.C11H13ClN2O/c1-13(2)18-15-8-7-14(12-16-15)6-5-11-17-9-3-4-10-17;12-9-1-3-10(4-2-9)14-6-5-8(7-14)11(13)15/h7-8,12-13H,3-6,9-11H2,1-2H3;1-4,8H,5-7H2,(H2,13,15). The molecular weight excluding hydrogens is 436 g/mol. The highest BCUT2D eigenvalue weighted by Crippen LogP contribution is 2.24. The SMILES string of the molecule is CC(C)Oc1ccc(CCCN2CCCC2)cn1.NC(=O)C1CCN(c2ccc(Cl)cc2)C1. The number of rotatable bonds is 8. The first kappa shape index (κ1) is 25.3. The average Bonchev–Trinajstić information content (AvgIpc) is 3.48. The molecule has 0 bridgehead atoms. The van der Waals surface area contributed by atoms with Crippen molar-refractivity contribution in [3.05, 3.63) is 53.2 Å². The lowest BCUT2D eigenvalue weighted by atomic mass is 10.1. The van der Waals surface area contributed by atoms with Gasteiger partial charge in [0.2, 0.25) is 11.8 Å². The fraction of sp³-hybridized carbons (Fsp3) is 0.538. The summed E-state index contributed by atoms with van der Waals surface area (Å²) in [6.45, 7) is 9.45. The number of benzene rings is 1. The number of carbonyl (C=O) groups excluding carboxylic acids is 1. The Balaban J connectivity index is 0.000000189. The quantitative estimate of drug-likeness (QED) is 0.610. The van der Waals surface area contributed by atoms with Crippen LogP contribution in [0, 0.1) is 5.92 Å². The summed E-state index contributed by atoms with van der Waals surface area (Å²) in [5.41, 5.74) is 7.69. The average molecular weight is 473 g/mol. The highest BCUT2D eigenvalue weighted by atomic mass is 35.5. The molecule has 33 heavy (non-hydrogen) atoms. The molecular formula is C26H37ClN4O2. The molecule has 1 unspecified atom stereocenters. The molecule has 1 aromatic carbocycles. The van der Waals surface area contributed by atoms with Crippen LogP contribution in [0.1, 0.15) is 45.1 Å².